The zero-order valence-corrected chi connectivity index (χ0v) is 11.7. The van der Waals surface area contributed by atoms with Crippen molar-refractivity contribution < 1.29 is 9.90 Å². The van der Waals surface area contributed by atoms with E-state index in [0.717, 1.165) is 58.4 Å². The molecule has 0 aromatic rings. The highest BCUT2D eigenvalue weighted by Gasteiger charge is 2.42. The van der Waals surface area contributed by atoms with Crippen LogP contribution in [0.4, 0.5) is 0 Å². The minimum absolute atomic E-state index is 0.470. The summed E-state index contributed by atoms with van der Waals surface area (Å²) in [5.41, 5.74) is -0.470. The standard InChI is InChI=1S/C14H26N2O2/c1-12-3-5-14(6-4-12,13(17)18)11-16-9-7-15(2)8-10-16/h12H,3-11H2,1-2H3,(H,17,18). The lowest BCUT2D eigenvalue weighted by Crippen LogP contribution is -2.51. The van der Waals surface area contributed by atoms with Crippen LogP contribution in [0.3, 0.4) is 0 Å². The van der Waals surface area contributed by atoms with Gasteiger partial charge in [-0.25, -0.2) is 0 Å². The molecule has 0 aromatic carbocycles. The fourth-order valence-electron chi connectivity index (χ4n) is 3.19. The molecule has 4 heteroatoms. The van der Waals surface area contributed by atoms with Crippen LogP contribution in [0.1, 0.15) is 32.6 Å². The smallest absolute Gasteiger partial charge is 0.310 e. The Morgan fingerprint density at radius 1 is 1.22 bits per heavy atom. The van der Waals surface area contributed by atoms with Crippen LogP contribution in [-0.4, -0.2) is 60.6 Å². The molecule has 0 bridgehead atoms. The number of piperazine rings is 1. The number of rotatable bonds is 3. The van der Waals surface area contributed by atoms with Gasteiger partial charge in [0.25, 0.3) is 0 Å². The molecule has 104 valence electrons. The fraction of sp³-hybridized carbons (Fsp3) is 0.929. The highest BCUT2D eigenvalue weighted by molar-refractivity contribution is 5.75. The van der Waals surface area contributed by atoms with Crippen LogP contribution in [-0.2, 0) is 4.79 Å². The third kappa shape index (κ3) is 3.04. The molecule has 1 saturated heterocycles. The van der Waals surface area contributed by atoms with Gasteiger partial charge in [0, 0.05) is 32.7 Å². The molecule has 0 spiro atoms. The van der Waals surface area contributed by atoms with Gasteiger partial charge in [0.05, 0.1) is 5.41 Å². The highest BCUT2D eigenvalue weighted by atomic mass is 16.4. The normalized spacial score (nSPS) is 35.6. The van der Waals surface area contributed by atoms with Crippen LogP contribution in [0, 0.1) is 11.3 Å². The third-order valence-electron chi connectivity index (χ3n) is 4.81. The van der Waals surface area contributed by atoms with Crippen LogP contribution in [0.15, 0.2) is 0 Å². The molecule has 4 nitrogen and oxygen atoms in total. The monoisotopic (exact) mass is 254 g/mol. The second-order valence-electron chi connectivity index (χ2n) is 6.35. The number of nitrogens with zero attached hydrogens (tertiary/aromatic N) is 2. The number of likely N-dealkylation sites (N-methyl/N-ethyl adjacent to an activating group) is 1. The van der Waals surface area contributed by atoms with E-state index in [2.05, 4.69) is 23.8 Å². The van der Waals surface area contributed by atoms with Gasteiger partial charge in [0.15, 0.2) is 0 Å². The number of hydrogen-bond acceptors (Lipinski definition) is 3. The van der Waals surface area contributed by atoms with Gasteiger partial charge in [0.1, 0.15) is 0 Å². The van der Waals surface area contributed by atoms with E-state index < -0.39 is 11.4 Å². The average molecular weight is 254 g/mol. The molecule has 0 unspecified atom stereocenters. The van der Waals surface area contributed by atoms with E-state index in [-0.39, 0.29) is 0 Å². The summed E-state index contributed by atoms with van der Waals surface area (Å²) in [5, 5.41) is 9.62. The molecule has 0 aromatic heterocycles. The van der Waals surface area contributed by atoms with Crippen molar-refractivity contribution in [3.8, 4) is 0 Å². The Morgan fingerprint density at radius 3 is 2.28 bits per heavy atom. The molecular weight excluding hydrogens is 228 g/mol. The Balaban J connectivity index is 1.96. The Kier molecular flexibility index (Phi) is 4.28. The Morgan fingerprint density at radius 2 is 1.78 bits per heavy atom. The SMILES string of the molecule is CC1CCC(CN2CCN(C)CC2)(C(=O)O)CC1. The number of carbonyl (C=O) groups is 1. The van der Waals surface area contributed by atoms with Crippen LogP contribution in [0.2, 0.25) is 0 Å². The molecule has 1 aliphatic heterocycles. The van der Waals surface area contributed by atoms with Crippen molar-refractivity contribution >= 4 is 5.97 Å². The summed E-state index contributed by atoms with van der Waals surface area (Å²) in [4.78, 5) is 16.3. The van der Waals surface area contributed by atoms with E-state index in [1.54, 1.807) is 0 Å². The quantitative estimate of drug-likeness (QED) is 0.829. The lowest BCUT2D eigenvalue weighted by atomic mass is 9.70. The molecule has 0 radical (unpaired) electrons. The van der Waals surface area contributed by atoms with Gasteiger partial charge in [-0.3, -0.25) is 9.69 Å². The predicted molar refractivity (Wildman–Crippen MR) is 71.6 cm³/mol. The molecule has 1 N–H and O–H groups in total. The molecule has 2 rings (SSSR count). The van der Waals surface area contributed by atoms with E-state index in [1.807, 2.05) is 0 Å². The number of carboxylic acid groups (broad SMARTS) is 1. The van der Waals surface area contributed by atoms with E-state index in [1.165, 1.54) is 0 Å². The van der Waals surface area contributed by atoms with Gasteiger partial charge < -0.3 is 10.0 Å². The molecule has 18 heavy (non-hydrogen) atoms. The van der Waals surface area contributed by atoms with Crippen LogP contribution in [0.25, 0.3) is 0 Å². The van der Waals surface area contributed by atoms with E-state index in [9.17, 15) is 9.90 Å². The third-order valence-corrected chi connectivity index (χ3v) is 4.81. The Hall–Kier alpha value is -0.610. The van der Waals surface area contributed by atoms with Crippen molar-refractivity contribution in [1.82, 2.24) is 9.80 Å². The number of aliphatic carboxylic acids is 1. The predicted octanol–water partition coefficient (Wildman–Crippen LogP) is 1.51. The van der Waals surface area contributed by atoms with Gasteiger partial charge in [-0.2, -0.15) is 0 Å². The van der Waals surface area contributed by atoms with Crippen molar-refractivity contribution in [3.63, 3.8) is 0 Å². The largest absolute Gasteiger partial charge is 0.481 e. The van der Waals surface area contributed by atoms with E-state index in [0.29, 0.717) is 5.92 Å². The zero-order chi connectivity index (χ0) is 13.2. The molecule has 1 aliphatic carbocycles. The molecule has 2 aliphatic rings. The molecule has 0 amide bonds. The molecule has 0 atom stereocenters. The molecule has 1 saturated carbocycles. The first kappa shape index (κ1) is 13.8. The summed E-state index contributed by atoms with van der Waals surface area (Å²) in [6.45, 7) is 7.14. The topological polar surface area (TPSA) is 43.8 Å². The van der Waals surface area contributed by atoms with Crippen molar-refractivity contribution in [2.45, 2.75) is 32.6 Å². The number of carboxylic acids is 1. The lowest BCUT2D eigenvalue weighted by Gasteiger charge is -2.41. The van der Waals surface area contributed by atoms with E-state index >= 15 is 0 Å². The molecule has 1 heterocycles. The first-order valence-electron chi connectivity index (χ1n) is 7.16. The minimum atomic E-state index is -0.576. The Labute approximate surface area is 110 Å². The van der Waals surface area contributed by atoms with Crippen molar-refractivity contribution in [3.05, 3.63) is 0 Å². The summed E-state index contributed by atoms with van der Waals surface area (Å²) in [7, 11) is 2.13. The van der Waals surface area contributed by atoms with E-state index in [4.69, 9.17) is 0 Å². The second-order valence-corrected chi connectivity index (χ2v) is 6.35. The maximum Gasteiger partial charge on any atom is 0.310 e. The minimum Gasteiger partial charge on any atom is -0.481 e. The zero-order valence-electron chi connectivity index (χ0n) is 11.7. The van der Waals surface area contributed by atoms with Gasteiger partial charge in [-0.05, 0) is 38.6 Å². The fourth-order valence-corrected chi connectivity index (χ4v) is 3.19. The highest BCUT2D eigenvalue weighted by Crippen LogP contribution is 2.39. The number of hydrogen-bond donors (Lipinski definition) is 1. The summed E-state index contributed by atoms with van der Waals surface area (Å²) >= 11 is 0. The van der Waals surface area contributed by atoms with Crippen LogP contribution in [0.5, 0.6) is 0 Å². The van der Waals surface area contributed by atoms with Gasteiger partial charge >= 0.3 is 5.97 Å². The Bertz CT molecular complexity index is 290. The second kappa shape index (κ2) is 5.57. The summed E-state index contributed by atoms with van der Waals surface area (Å²) in [6, 6.07) is 0. The first-order valence-corrected chi connectivity index (χ1v) is 7.16. The van der Waals surface area contributed by atoms with Crippen LogP contribution < -0.4 is 0 Å². The lowest BCUT2D eigenvalue weighted by molar-refractivity contribution is -0.153. The maximum absolute atomic E-state index is 11.7. The maximum atomic E-state index is 11.7. The van der Waals surface area contributed by atoms with Crippen molar-refractivity contribution in [2.75, 3.05) is 39.8 Å². The summed E-state index contributed by atoms with van der Waals surface area (Å²) < 4.78 is 0. The van der Waals surface area contributed by atoms with Crippen molar-refractivity contribution in [1.29, 1.82) is 0 Å². The first-order chi connectivity index (χ1) is 8.52. The summed E-state index contributed by atoms with van der Waals surface area (Å²) in [6.07, 6.45) is 3.85. The van der Waals surface area contributed by atoms with Gasteiger partial charge in [-0.1, -0.05) is 6.92 Å². The summed E-state index contributed by atoms with van der Waals surface area (Å²) in [5.74, 6) is 0.123. The molecule has 2 fully saturated rings. The van der Waals surface area contributed by atoms with Crippen molar-refractivity contribution in [2.24, 2.45) is 11.3 Å². The molecular formula is C14H26N2O2. The van der Waals surface area contributed by atoms with Crippen LogP contribution >= 0.6 is 0 Å². The average Bonchev–Trinajstić information content (AvgIpc) is 2.35. The van der Waals surface area contributed by atoms with Gasteiger partial charge in [0.2, 0.25) is 0 Å². The van der Waals surface area contributed by atoms with Gasteiger partial charge in [-0.15, -0.1) is 0 Å².